The van der Waals surface area contributed by atoms with E-state index in [1.807, 2.05) is 6.92 Å². The molecule has 0 N–H and O–H groups in total. The first-order valence-corrected chi connectivity index (χ1v) is 14.4. The number of benzene rings is 1. The average molecular weight is 526 g/mol. The first-order valence-electron chi connectivity index (χ1n) is 14.4. The Morgan fingerprint density at radius 1 is 1.03 bits per heavy atom. The van der Waals surface area contributed by atoms with Crippen LogP contribution in [-0.4, -0.2) is 49.3 Å². The van der Waals surface area contributed by atoms with Crippen molar-refractivity contribution in [3.05, 3.63) is 35.4 Å². The van der Waals surface area contributed by atoms with Crippen molar-refractivity contribution in [2.75, 3.05) is 26.3 Å². The van der Waals surface area contributed by atoms with Crippen molar-refractivity contribution in [3.63, 3.8) is 0 Å². The largest absolute Gasteiger partial charge is 0.466 e. The molecule has 1 aromatic carbocycles. The molecule has 2 saturated carbocycles. The van der Waals surface area contributed by atoms with Crippen LogP contribution >= 0.6 is 0 Å². The van der Waals surface area contributed by atoms with E-state index in [4.69, 9.17) is 9.47 Å². The van der Waals surface area contributed by atoms with Gasteiger partial charge in [0, 0.05) is 19.0 Å². The standard InChI is InChI=1S/C30H46F3NO3/c1-4-36-29(35)21-23-10-15-28(27(20-23)24-11-13-25(14-12-24)30(31,32)33)34(17-16-22(2)3)18-19-37-26-8-6-5-7-9-26/h11-14,22-23,26-28H,4-10,15-21H2,1-3H3/t23-,27+,28-/m1/s1. The number of hydrogen-bond donors (Lipinski definition) is 0. The predicted octanol–water partition coefficient (Wildman–Crippen LogP) is 7.61. The molecule has 3 rings (SSSR count). The van der Waals surface area contributed by atoms with Crippen LogP contribution in [0.15, 0.2) is 24.3 Å². The second-order valence-electron chi connectivity index (χ2n) is 11.3. The minimum atomic E-state index is -4.35. The van der Waals surface area contributed by atoms with Gasteiger partial charge in [0.2, 0.25) is 0 Å². The number of nitrogens with zero attached hydrogens (tertiary/aromatic N) is 1. The number of rotatable bonds is 12. The van der Waals surface area contributed by atoms with Gasteiger partial charge >= 0.3 is 12.1 Å². The smallest absolute Gasteiger partial charge is 0.416 e. The van der Waals surface area contributed by atoms with Crippen molar-refractivity contribution in [2.45, 2.75) is 109 Å². The summed E-state index contributed by atoms with van der Waals surface area (Å²) < 4.78 is 51.2. The summed E-state index contributed by atoms with van der Waals surface area (Å²) in [7, 11) is 0. The van der Waals surface area contributed by atoms with Gasteiger partial charge in [-0.1, -0.05) is 45.2 Å². The first-order chi connectivity index (χ1) is 17.7. The quantitative estimate of drug-likeness (QED) is 0.263. The zero-order valence-corrected chi connectivity index (χ0v) is 22.9. The predicted molar refractivity (Wildman–Crippen MR) is 140 cm³/mol. The van der Waals surface area contributed by atoms with Gasteiger partial charge in [0.25, 0.3) is 0 Å². The molecule has 0 radical (unpaired) electrons. The van der Waals surface area contributed by atoms with E-state index in [1.54, 1.807) is 12.1 Å². The Morgan fingerprint density at radius 2 is 1.73 bits per heavy atom. The van der Waals surface area contributed by atoms with Crippen LogP contribution in [0, 0.1) is 11.8 Å². The third-order valence-corrected chi connectivity index (χ3v) is 8.10. The van der Waals surface area contributed by atoms with Gasteiger partial charge in [0.15, 0.2) is 0 Å². The third-order valence-electron chi connectivity index (χ3n) is 8.10. The summed E-state index contributed by atoms with van der Waals surface area (Å²) in [6, 6.07) is 5.90. The van der Waals surface area contributed by atoms with E-state index in [-0.39, 0.29) is 23.8 Å². The molecule has 2 aliphatic carbocycles. The molecular formula is C30H46F3NO3. The average Bonchev–Trinajstić information content (AvgIpc) is 2.86. The Hall–Kier alpha value is -1.60. The molecule has 7 heteroatoms. The van der Waals surface area contributed by atoms with Crippen molar-refractivity contribution in [3.8, 4) is 0 Å². The summed E-state index contributed by atoms with van der Waals surface area (Å²) >= 11 is 0. The second-order valence-corrected chi connectivity index (χ2v) is 11.3. The molecule has 4 nitrogen and oxygen atoms in total. The van der Waals surface area contributed by atoms with Crippen LogP contribution in [0.1, 0.15) is 102 Å². The molecule has 3 atom stereocenters. The number of esters is 1. The highest BCUT2D eigenvalue weighted by Gasteiger charge is 2.37. The second kappa shape index (κ2) is 14.5. The highest BCUT2D eigenvalue weighted by atomic mass is 19.4. The van der Waals surface area contributed by atoms with E-state index in [9.17, 15) is 18.0 Å². The fourth-order valence-corrected chi connectivity index (χ4v) is 6.03. The molecule has 0 saturated heterocycles. The lowest BCUT2D eigenvalue weighted by Gasteiger charge is -2.43. The molecule has 1 aromatic rings. The number of halogens is 3. The summed E-state index contributed by atoms with van der Waals surface area (Å²) in [5, 5.41) is 0. The maximum atomic E-state index is 13.2. The summed E-state index contributed by atoms with van der Waals surface area (Å²) in [5.74, 6) is 0.617. The van der Waals surface area contributed by atoms with Crippen molar-refractivity contribution >= 4 is 5.97 Å². The van der Waals surface area contributed by atoms with Gasteiger partial charge in [-0.05, 0) is 87.4 Å². The van der Waals surface area contributed by atoms with Crippen molar-refractivity contribution < 1.29 is 27.4 Å². The van der Waals surface area contributed by atoms with Crippen molar-refractivity contribution in [1.29, 1.82) is 0 Å². The molecule has 0 bridgehead atoms. The Bertz CT molecular complexity index is 805. The van der Waals surface area contributed by atoms with Gasteiger partial charge in [0.1, 0.15) is 0 Å². The fraction of sp³-hybridized carbons (Fsp3) is 0.767. The molecule has 210 valence electrons. The molecule has 0 heterocycles. The Balaban J connectivity index is 1.77. The fourth-order valence-electron chi connectivity index (χ4n) is 6.03. The summed E-state index contributed by atoms with van der Waals surface area (Å²) in [6.07, 6.45) is 6.09. The molecule has 0 aliphatic heterocycles. The molecular weight excluding hydrogens is 479 g/mol. The maximum absolute atomic E-state index is 13.2. The van der Waals surface area contributed by atoms with Crippen molar-refractivity contribution in [1.82, 2.24) is 4.90 Å². The highest BCUT2D eigenvalue weighted by molar-refractivity contribution is 5.69. The van der Waals surface area contributed by atoms with E-state index in [0.717, 1.165) is 57.2 Å². The van der Waals surface area contributed by atoms with Crippen LogP contribution < -0.4 is 0 Å². The Labute approximate surface area is 221 Å². The van der Waals surface area contributed by atoms with E-state index in [2.05, 4.69) is 18.7 Å². The lowest BCUT2D eigenvalue weighted by Crippen LogP contribution is -2.45. The molecule has 0 spiro atoms. The molecule has 2 fully saturated rings. The van der Waals surface area contributed by atoms with Crippen LogP contribution in [0.3, 0.4) is 0 Å². The first kappa shape index (κ1) is 29.9. The van der Waals surface area contributed by atoms with E-state index >= 15 is 0 Å². The van der Waals surface area contributed by atoms with E-state index < -0.39 is 11.7 Å². The lowest BCUT2D eigenvalue weighted by atomic mass is 9.73. The SMILES string of the molecule is CCOC(=O)C[C@@H]1CC[C@@H](N(CCOC2CCCCC2)CCC(C)C)[C@H](c2ccc(C(F)(F)F)cc2)C1. The third kappa shape index (κ3) is 9.58. The van der Waals surface area contributed by atoms with Gasteiger partial charge < -0.3 is 9.47 Å². The number of carbonyl (C=O) groups excluding carboxylic acids is 1. The van der Waals surface area contributed by atoms with Crippen LogP contribution in [0.5, 0.6) is 0 Å². The highest BCUT2D eigenvalue weighted by Crippen LogP contribution is 2.41. The molecule has 0 unspecified atom stereocenters. The Morgan fingerprint density at radius 3 is 2.35 bits per heavy atom. The normalized spacial score (nSPS) is 23.5. The van der Waals surface area contributed by atoms with Crippen LogP contribution in [-0.2, 0) is 20.4 Å². The van der Waals surface area contributed by atoms with Gasteiger partial charge in [-0.2, -0.15) is 13.2 Å². The Kier molecular flexibility index (Phi) is 11.8. The zero-order chi connectivity index (χ0) is 26.8. The number of hydrogen-bond acceptors (Lipinski definition) is 4. The minimum absolute atomic E-state index is 0.0669. The van der Waals surface area contributed by atoms with Crippen molar-refractivity contribution in [2.24, 2.45) is 11.8 Å². The van der Waals surface area contributed by atoms with Gasteiger partial charge in [-0.15, -0.1) is 0 Å². The minimum Gasteiger partial charge on any atom is -0.466 e. The maximum Gasteiger partial charge on any atom is 0.416 e. The van der Waals surface area contributed by atoms with Crippen LogP contribution in [0.25, 0.3) is 0 Å². The van der Waals surface area contributed by atoms with E-state index in [1.165, 1.54) is 31.4 Å². The monoisotopic (exact) mass is 525 g/mol. The zero-order valence-electron chi connectivity index (χ0n) is 22.9. The lowest BCUT2D eigenvalue weighted by molar-refractivity contribution is -0.144. The van der Waals surface area contributed by atoms with Crippen LogP contribution in [0.4, 0.5) is 13.2 Å². The molecule has 37 heavy (non-hydrogen) atoms. The summed E-state index contributed by atoms with van der Waals surface area (Å²) in [5.41, 5.74) is 0.304. The topological polar surface area (TPSA) is 38.8 Å². The van der Waals surface area contributed by atoms with Gasteiger partial charge in [-0.3, -0.25) is 9.69 Å². The van der Waals surface area contributed by atoms with Gasteiger partial charge in [-0.25, -0.2) is 0 Å². The molecule has 2 aliphatic rings. The van der Waals surface area contributed by atoms with Gasteiger partial charge in [0.05, 0.1) is 24.9 Å². The molecule has 0 aromatic heterocycles. The van der Waals surface area contributed by atoms with Crippen LogP contribution in [0.2, 0.25) is 0 Å². The summed E-state index contributed by atoms with van der Waals surface area (Å²) in [6.45, 7) is 9.07. The molecule has 0 amide bonds. The number of carbonyl (C=O) groups is 1. The van der Waals surface area contributed by atoms with E-state index in [0.29, 0.717) is 31.7 Å². The number of ether oxygens (including phenoxy) is 2. The number of alkyl halides is 3. The summed E-state index contributed by atoms with van der Waals surface area (Å²) in [4.78, 5) is 14.7.